The Hall–Kier alpha value is -1.95. The average molecular weight is 343 g/mol. The molecule has 2 aromatic rings. The van der Waals surface area contributed by atoms with E-state index in [-0.39, 0.29) is 12.0 Å². The first kappa shape index (κ1) is 19.4. The van der Waals surface area contributed by atoms with Gasteiger partial charge >= 0.3 is 0 Å². The highest BCUT2D eigenvalue weighted by atomic mass is 16.5. The Labute approximate surface area is 150 Å². The maximum Gasteiger partial charge on any atom is 0.137 e. The molecule has 0 bridgehead atoms. The number of rotatable bonds is 8. The third-order valence-corrected chi connectivity index (χ3v) is 4.05. The van der Waals surface area contributed by atoms with Gasteiger partial charge in [-0.3, -0.25) is 4.98 Å². The standard InChI is InChI=1S/C20H29N3O2/c1-20(2,3)16-7-4-6-15(10-16)11-23-13-19(24)18(21)14-25-17-8-5-9-22-12-17/h4-10,12,18-19,23-24H,11,13-14,21H2,1-3H3/t18-,19+/m0/s1. The third kappa shape index (κ3) is 6.46. The first-order valence-electron chi connectivity index (χ1n) is 8.63. The minimum Gasteiger partial charge on any atom is -0.490 e. The van der Waals surface area contributed by atoms with Gasteiger partial charge in [0.25, 0.3) is 0 Å². The fourth-order valence-electron chi connectivity index (χ4n) is 2.40. The zero-order chi connectivity index (χ0) is 18.3. The third-order valence-electron chi connectivity index (χ3n) is 4.05. The van der Waals surface area contributed by atoms with Crippen LogP contribution in [0.5, 0.6) is 5.75 Å². The number of aliphatic hydroxyl groups is 1. The molecule has 1 aromatic carbocycles. The second-order valence-electron chi connectivity index (χ2n) is 7.31. The highest BCUT2D eigenvalue weighted by Gasteiger charge is 2.16. The van der Waals surface area contributed by atoms with Crippen LogP contribution >= 0.6 is 0 Å². The van der Waals surface area contributed by atoms with Gasteiger partial charge in [-0.25, -0.2) is 0 Å². The number of aliphatic hydroxyl groups excluding tert-OH is 1. The van der Waals surface area contributed by atoms with Crippen molar-refractivity contribution >= 4 is 0 Å². The number of pyridine rings is 1. The summed E-state index contributed by atoms with van der Waals surface area (Å²) >= 11 is 0. The molecule has 136 valence electrons. The van der Waals surface area contributed by atoms with Gasteiger partial charge in [0.1, 0.15) is 12.4 Å². The molecule has 0 radical (unpaired) electrons. The predicted molar refractivity (Wildman–Crippen MR) is 101 cm³/mol. The number of ether oxygens (including phenoxy) is 1. The zero-order valence-electron chi connectivity index (χ0n) is 15.3. The van der Waals surface area contributed by atoms with Crippen LogP contribution in [0.3, 0.4) is 0 Å². The lowest BCUT2D eigenvalue weighted by Gasteiger charge is -2.21. The summed E-state index contributed by atoms with van der Waals surface area (Å²) in [4.78, 5) is 3.97. The van der Waals surface area contributed by atoms with Crippen LogP contribution in [0, 0.1) is 0 Å². The van der Waals surface area contributed by atoms with Gasteiger partial charge in [0, 0.05) is 19.3 Å². The number of hydrogen-bond donors (Lipinski definition) is 3. The molecule has 0 aliphatic rings. The van der Waals surface area contributed by atoms with Gasteiger partial charge in [-0.2, -0.15) is 0 Å². The van der Waals surface area contributed by atoms with Crippen LogP contribution in [-0.4, -0.2) is 35.4 Å². The Balaban J connectivity index is 1.75. The van der Waals surface area contributed by atoms with Crippen molar-refractivity contribution in [2.24, 2.45) is 5.73 Å². The molecule has 0 aliphatic carbocycles. The van der Waals surface area contributed by atoms with Crippen molar-refractivity contribution in [2.75, 3.05) is 13.2 Å². The van der Waals surface area contributed by atoms with E-state index < -0.39 is 12.1 Å². The van der Waals surface area contributed by atoms with E-state index in [1.807, 2.05) is 6.07 Å². The summed E-state index contributed by atoms with van der Waals surface area (Å²) in [5.41, 5.74) is 8.61. The predicted octanol–water partition coefficient (Wildman–Crippen LogP) is 2.24. The summed E-state index contributed by atoms with van der Waals surface area (Å²) in [5, 5.41) is 13.4. The molecule has 0 unspecified atom stereocenters. The molecule has 5 nitrogen and oxygen atoms in total. The highest BCUT2D eigenvalue weighted by molar-refractivity contribution is 5.28. The summed E-state index contributed by atoms with van der Waals surface area (Å²) in [6.45, 7) is 7.95. The lowest BCUT2D eigenvalue weighted by molar-refractivity contribution is 0.114. The molecule has 0 saturated heterocycles. The largest absolute Gasteiger partial charge is 0.490 e. The van der Waals surface area contributed by atoms with E-state index in [1.54, 1.807) is 18.5 Å². The minimum absolute atomic E-state index is 0.127. The second-order valence-corrected chi connectivity index (χ2v) is 7.31. The monoisotopic (exact) mass is 343 g/mol. The van der Waals surface area contributed by atoms with Gasteiger partial charge < -0.3 is 20.9 Å². The minimum atomic E-state index is -0.678. The molecule has 0 saturated carbocycles. The van der Waals surface area contributed by atoms with Crippen LogP contribution in [0.15, 0.2) is 48.8 Å². The van der Waals surface area contributed by atoms with E-state index >= 15 is 0 Å². The first-order valence-corrected chi connectivity index (χ1v) is 8.63. The maximum absolute atomic E-state index is 10.2. The van der Waals surface area contributed by atoms with Gasteiger partial charge in [-0.1, -0.05) is 45.0 Å². The van der Waals surface area contributed by atoms with Crippen molar-refractivity contribution in [2.45, 2.75) is 44.9 Å². The van der Waals surface area contributed by atoms with E-state index in [4.69, 9.17) is 10.5 Å². The topological polar surface area (TPSA) is 80.4 Å². The van der Waals surface area contributed by atoms with Gasteiger partial charge in [0.05, 0.1) is 18.3 Å². The molecule has 0 spiro atoms. The molecule has 0 fully saturated rings. The quantitative estimate of drug-likeness (QED) is 0.685. The number of nitrogens with zero attached hydrogens (tertiary/aromatic N) is 1. The van der Waals surface area contributed by atoms with Crippen LogP contribution < -0.4 is 15.8 Å². The van der Waals surface area contributed by atoms with Crippen molar-refractivity contribution in [1.82, 2.24) is 10.3 Å². The Morgan fingerprint density at radius 1 is 1.24 bits per heavy atom. The average Bonchev–Trinajstić information content (AvgIpc) is 2.60. The van der Waals surface area contributed by atoms with Crippen LogP contribution in [0.1, 0.15) is 31.9 Å². The molecule has 4 N–H and O–H groups in total. The maximum atomic E-state index is 10.2. The number of nitrogens with two attached hydrogens (primary N) is 1. The normalized spacial score (nSPS) is 14.1. The summed E-state index contributed by atoms with van der Waals surface area (Å²) in [7, 11) is 0. The Morgan fingerprint density at radius 3 is 2.72 bits per heavy atom. The van der Waals surface area contributed by atoms with Crippen LogP contribution in [-0.2, 0) is 12.0 Å². The molecule has 0 amide bonds. The molecule has 5 heteroatoms. The second kappa shape index (κ2) is 8.94. The summed E-state index contributed by atoms with van der Waals surface area (Å²) in [5.74, 6) is 0.650. The number of benzene rings is 1. The first-order chi connectivity index (χ1) is 11.9. The fourth-order valence-corrected chi connectivity index (χ4v) is 2.40. The van der Waals surface area contributed by atoms with Crippen molar-refractivity contribution < 1.29 is 9.84 Å². The van der Waals surface area contributed by atoms with Crippen LogP contribution in [0.25, 0.3) is 0 Å². The molecular formula is C20H29N3O2. The fraction of sp³-hybridized carbons (Fsp3) is 0.450. The zero-order valence-corrected chi connectivity index (χ0v) is 15.3. The van der Waals surface area contributed by atoms with Gasteiger partial charge in [-0.15, -0.1) is 0 Å². The molecule has 1 aromatic heterocycles. The van der Waals surface area contributed by atoms with Crippen LogP contribution in [0.4, 0.5) is 0 Å². The lowest BCUT2D eigenvalue weighted by Crippen LogP contribution is -2.45. The molecule has 25 heavy (non-hydrogen) atoms. The number of nitrogens with one attached hydrogen (secondary N) is 1. The van der Waals surface area contributed by atoms with E-state index in [9.17, 15) is 5.11 Å². The lowest BCUT2D eigenvalue weighted by atomic mass is 9.86. The Bertz CT molecular complexity index is 641. The van der Waals surface area contributed by atoms with Gasteiger partial charge in [-0.05, 0) is 28.7 Å². The summed E-state index contributed by atoms with van der Waals surface area (Å²) in [6, 6.07) is 11.6. The molecule has 2 rings (SSSR count). The van der Waals surface area contributed by atoms with Gasteiger partial charge in [0.15, 0.2) is 0 Å². The van der Waals surface area contributed by atoms with E-state index in [2.05, 4.69) is 55.3 Å². The van der Waals surface area contributed by atoms with Gasteiger partial charge in [0.2, 0.25) is 0 Å². The van der Waals surface area contributed by atoms with Crippen molar-refractivity contribution in [3.05, 3.63) is 59.9 Å². The van der Waals surface area contributed by atoms with E-state index in [0.717, 1.165) is 0 Å². The van der Waals surface area contributed by atoms with Crippen molar-refractivity contribution in [1.29, 1.82) is 0 Å². The molecular weight excluding hydrogens is 314 g/mol. The van der Waals surface area contributed by atoms with E-state index in [1.165, 1.54) is 11.1 Å². The smallest absolute Gasteiger partial charge is 0.137 e. The van der Waals surface area contributed by atoms with E-state index in [0.29, 0.717) is 18.8 Å². The Morgan fingerprint density at radius 2 is 2.04 bits per heavy atom. The number of aromatic nitrogens is 1. The SMILES string of the molecule is CC(C)(C)c1cccc(CNC[C@@H](O)[C@@H](N)COc2cccnc2)c1. The Kier molecular flexibility index (Phi) is 6.93. The molecule has 1 heterocycles. The summed E-state index contributed by atoms with van der Waals surface area (Å²) < 4.78 is 5.53. The molecule has 0 aliphatic heterocycles. The van der Waals surface area contributed by atoms with Crippen LogP contribution in [0.2, 0.25) is 0 Å². The van der Waals surface area contributed by atoms with Crippen molar-refractivity contribution in [3.8, 4) is 5.75 Å². The highest BCUT2D eigenvalue weighted by Crippen LogP contribution is 2.22. The number of hydrogen-bond acceptors (Lipinski definition) is 5. The van der Waals surface area contributed by atoms with Crippen molar-refractivity contribution in [3.63, 3.8) is 0 Å². The summed E-state index contributed by atoms with van der Waals surface area (Å²) in [6.07, 6.45) is 2.63. The molecule has 2 atom stereocenters.